The second-order valence-electron chi connectivity index (χ2n) is 3.73. The Morgan fingerprint density at radius 3 is 2.32 bits per heavy atom. The van der Waals surface area contributed by atoms with Gasteiger partial charge >= 0.3 is 0 Å². The van der Waals surface area contributed by atoms with Crippen LogP contribution in [0.25, 0.3) is 0 Å². The van der Waals surface area contributed by atoms with Gasteiger partial charge in [0.25, 0.3) is 0 Å². The number of rotatable bonds is 4. The van der Waals surface area contributed by atoms with E-state index < -0.39 is 11.2 Å². The lowest BCUT2D eigenvalue weighted by Gasteiger charge is -2.13. The van der Waals surface area contributed by atoms with E-state index in [1.807, 2.05) is 0 Å². The molecule has 1 aromatic carbocycles. The number of hydrogen-bond donors (Lipinski definition) is 0. The second kappa shape index (κ2) is 5.99. The van der Waals surface area contributed by atoms with Crippen molar-refractivity contribution in [1.82, 2.24) is 0 Å². The molecule has 0 saturated carbocycles. The first-order valence-corrected chi connectivity index (χ1v) is 7.00. The van der Waals surface area contributed by atoms with E-state index in [0.717, 1.165) is 4.88 Å². The topological polar surface area (TPSA) is 18.5 Å². The first-order valence-electron chi connectivity index (χ1n) is 5.37. The Morgan fingerprint density at radius 1 is 1.16 bits per heavy atom. The molecule has 2 aromatic rings. The number of alkyl halides is 1. The molecule has 19 heavy (non-hydrogen) atoms. The van der Waals surface area contributed by atoms with E-state index in [-0.39, 0.29) is 0 Å². The van der Waals surface area contributed by atoms with Crippen LogP contribution < -0.4 is 9.47 Å². The molecule has 0 aliphatic carbocycles. The number of halogens is 3. The van der Waals surface area contributed by atoms with Crippen LogP contribution in [0, 0.1) is 5.82 Å². The SMILES string of the molecule is COc1cc(F)c(C(Cl)c2ccc(Cl)s2)cc1OC. The zero-order valence-electron chi connectivity index (χ0n) is 10.2. The summed E-state index contributed by atoms with van der Waals surface area (Å²) in [4.78, 5) is 0.776. The molecule has 0 aliphatic rings. The van der Waals surface area contributed by atoms with Crippen molar-refractivity contribution in [3.8, 4) is 11.5 Å². The molecule has 6 heteroatoms. The monoisotopic (exact) mass is 320 g/mol. The maximum atomic E-state index is 14.0. The van der Waals surface area contributed by atoms with Crippen molar-refractivity contribution >= 4 is 34.5 Å². The molecule has 1 heterocycles. The third-order valence-corrected chi connectivity index (χ3v) is 4.52. The summed E-state index contributed by atoms with van der Waals surface area (Å²) in [5.41, 5.74) is 0.331. The van der Waals surface area contributed by atoms with Crippen molar-refractivity contribution in [2.24, 2.45) is 0 Å². The summed E-state index contributed by atoms with van der Waals surface area (Å²) < 4.78 is 24.8. The molecule has 0 fully saturated rings. The van der Waals surface area contributed by atoms with Gasteiger partial charge in [0.2, 0.25) is 0 Å². The minimum absolute atomic E-state index is 0.330. The van der Waals surface area contributed by atoms with Crippen LogP contribution in [0.1, 0.15) is 15.8 Å². The lowest BCUT2D eigenvalue weighted by Crippen LogP contribution is -1.99. The highest BCUT2D eigenvalue weighted by Crippen LogP contribution is 2.40. The van der Waals surface area contributed by atoms with Gasteiger partial charge in [-0.3, -0.25) is 0 Å². The molecule has 0 spiro atoms. The van der Waals surface area contributed by atoms with E-state index in [1.54, 1.807) is 18.2 Å². The largest absolute Gasteiger partial charge is 0.493 e. The molecule has 0 saturated heterocycles. The Bertz CT molecular complexity index is 586. The van der Waals surface area contributed by atoms with E-state index >= 15 is 0 Å². The number of ether oxygens (including phenoxy) is 2. The first-order chi connectivity index (χ1) is 9.06. The van der Waals surface area contributed by atoms with E-state index in [9.17, 15) is 4.39 Å². The van der Waals surface area contributed by atoms with Gasteiger partial charge in [0.1, 0.15) is 5.82 Å². The minimum Gasteiger partial charge on any atom is -0.493 e. The van der Waals surface area contributed by atoms with Crippen molar-refractivity contribution in [3.63, 3.8) is 0 Å². The van der Waals surface area contributed by atoms with Crippen LogP contribution in [-0.4, -0.2) is 14.2 Å². The summed E-state index contributed by atoms with van der Waals surface area (Å²) in [7, 11) is 2.94. The number of hydrogen-bond acceptors (Lipinski definition) is 3. The van der Waals surface area contributed by atoms with Crippen molar-refractivity contribution in [3.05, 3.63) is 44.9 Å². The highest BCUT2D eigenvalue weighted by molar-refractivity contribution is 7.16. The Balaban J connectivity index is 2.44. The predicted molar refractivity (Wildman–Crippen MR) is 76.5 cm³/mol. The standard InChI is InChI=1S/C13H11Cl2FO2S/c1-17-9-5-7(8(16)6-10(9)18-2)13(15)11-3-4-12(14)19-11/h3-6,13H,1-2H3. The molecule has 2 rings (SSSR count). The lowest BCUT2D eigenvalue weighted by molar-refractivity contribution is 0.351. The van der Waals surface area contributed by atoms with Crippen LogP contribution in [0.4, 0.5) is 4.39 Å². The van der Waals surface area contributed by atoms with Gasteiger partial charge in [-0.25, -0.2) is 4.39 Å². The number of thiophene rings is 1. The molecule has 0 amide bonds. The molecule has 1 unspecified atom stereocenters. The predicted octanol–water partition coefficient (Wildman–Crippen LogP) is 4.89. The highest BCUT2D eigenvalue weighted by atomic mass is 35.5. The van der Waals surface area contributed by atoms with Crippen molar-refractivity contribution < 1.29 is 13.9 Å². The Hall–Kier alpha value is -0.970. The maximum Gasteiger partial charge on any atom is 0.163 e. The number of methoxy groups -OCH3 is 2. The zero-order chi connectivity index (χ0) is 14.0. The third kappa shape index (κ3) is 2.96. The summed E-state index contributed by atoms with van der Waals surface area (Å²) >= 11 is 13.5. The normalized spacial score (nSPS) is 12.3. The van der Waals surface area contributed by atoms with Crippen LogP contribution in [0.15, 0.2) is 24.3 Å². The fourth-order valence-electron chi connectivity index (χ4n) is 1.68. The number of benzene rings is 1. The first kappa shape index (κ1) is 14.4. The maximum absolute atomic E-state index is 14.0. The summed E-state index contributed by atoms with van der Waals surface area (Å²) in [5.74, 6) is 0.325. The summed E-state index contributed by atoms with van der Waals surface area (Å²) in [6, 6.07) is 6.31. The van der Waals surface area contributed by atoms with Crippen LogP contribution >= 0.6 is 34.5 Å². The van der Waals surface area contributed by atoms with Gasteiger partial charge in [-0.05, 0) is 18.2 Å². The molecule has 0 aliphatic heterocycles. The molecule has 0 N–H and O–H groups in total. The fourth-order valence-corrected chi connectivity index (χ4v) is 3.11. The van der Waals surface area contributed by atoms with Crippen molar-refractivity contribution in [2.75, 3.05) is 14.2 Å². The Kier molecular flexibility index (Phi) is 4.55. The van der Waals surface area contributed by atoms with Crippen LogP contribution in [0.2, 0.25) is 4.34 Å². The van der Waals surface area contributed by atoms with Crippen molar-refractivity contribution in [2.45, 2.75) is 5.38 Å². The van der Waals surface area contributed by atoms with Crippen LogP contribution in [-0.2, 0) is 0 Å². The Morgan fingerprint density at radius 2 is 1.79 bits per heavy atom. The Labute approximate surface area is 124 Å². The lowest BCUT2D eigenvalue weighted by atomic mass is 10.1. The summed E-state index contributed by atoms with van der Waals surface area (Å²) in [5, 5.41) is -0.614. The molecular weight excluding hydrogens is 310 g/mol. The molecule has 2 nitrogen and oxygen atoms in total. The average Bonchev–Trinajstić information content (AvgIpc) is 2.84. The van der Waals surface area contributed by atoms with E-state index in [0.29, 0.717) is 21.4 Å². The van der Waals surface area contributed by atoms with Crippen LogP contribution in [0.3, 0.4) is 0 Å². The van der Waals surface area contributed by atoms with Gasteiger partial charge in [0, 0.05) is 16.5 Å². The van der Waals surface area contributed by atoms with Gasteiger partial charge in [0.15, 0.2) is 11.5 Å². The van der Waals surface area contributed by atoms with E-state index in [4.69, 9.17) is 32.7 Å². The van der Waals surface area contributed by atoms with Gasteiger partial charge in [-0.15, -0.1) is 22.9 Å². The van der Waals surface area contributed by atoms with Gasteiger partial charge in [-0.2, -0.15) is 0 Å². The van der Waals surface area contributed by atoms with Crippen molar-refractivity contribution in [1.29, 1.82) is 0 Å². The minimum atomic E-state index is -0.614. The van der Waals surface area contributed by atoms with E-state index in [1.165, 1.54) is 31.6 Å². The smallest absolute Gasteiger partial charge is 0.163 e. The molecule has 1 aromatic heterocycles. The van der Waals surface area contributed by atoms with E-state index in [2.05, 4.69) is 0 Å². The molecule has 0 bridgehead atoms. The highest BCUT2D eigenvalue weighted by Gasteiger charge is 2.20. The third-order valence-electron chi connectivity index (χ3n) is 2.62. The summed E-state index contributed by atoms with van der Waals surface area (Å²) in [6.07, 6.45) is 0. The van der Waals surface area contributed by atoms with Gasteiger partial charge in [0.05, 0.1) is 23.9 Å². The average molecular weight is 321 g/mol. The fraction of sp³-hybridized carbons (Fsp3) is 0.231. The van der Waals surface area contributed by atoms with Gasteiger partial charge in [-0.1, -0.05) is 11.6 Å². The molecule has 1 atom stereocenters. The summed E-state index contributed by atoms with van der Waals surface area (Å²) in [6.45, 7) is 0. The zero-order valence-corrected chi connectivity index (χ0v) is 12.6. The van der Waals surface area contributed by atoms with Gasteiger partial charge < -0.3 is 9.47 Å². The van der Waals surface area contributed by atoms with Crippen LogP contribution in [0.5, 0.6) is 11.5 Å². The molecule has 102 valence electrons. The second-order valence-corrected chi connectivity index (χ2v) is 5.92. The molecular formula is C13H11Cl2FO2S. The quantitative estimate of drug-likeness (QED) is 0.747. The molecule has 0 radical (unpaired) electrons.